The minimum atomic E-state index is -0.561. The van der Waals surface area contributed by atoms with Crippen molar-refractivity contribution in [1.29, 1.82) is 0 Å². The zero-order chi connectivity index (χ0) is 14.6. The minimum Gasteiger partial charge on any atom is -0.390 e. The fraction of sp³-hybridized carbons (Fsp3) is 0.938. The summed E-state index contributed by atoms with van der Waals surface area (Å²) in [6.45, 7) is 14.6. The van der Waals surface area contributed by atoms with Gasteiger partial charge in [-0.2, -0.15) is 0 Å². The average Bonchev–Trinajstić information content (AvgIpc) is 2.24. The summed E-state index contributed by atoms with van der Waals surface area (Å²) in [5, 5.41) is 9.71. The first-order chi connectivity index (χ1) is 8.02. The van der Waals surface area contributed by atoms with Crippen LogP contribution >= 0.6 is 0 Å². The lowest BCUT2D eigenvalue weighted by Crippen LogP contribution is -2.34. The summed E-state index contributed by atoms with van der Waals surface area (Å²) in [7, 11) is 0. The van der Waals surface area contributed by atoms with E-state index in [1.54, 1.807) is 0 Å². The first-order valence-electron chi connectivity index (χ1n) is 7.20. The van der Waals surface area contributed by atoms with Crippen molar-refractivity contribution >= 4 is 6.29 Å². The number of carbonyl (C=O) groups is 1. The molecule has 0 radical (unpaired) electrons. The highest BCUT2D eigenvalue weighted by Gasteiger charge is 2.34. The monoisotopic (exact) mass is 256 g/mol. The van der Waals surface area contributed by atoms with Gasteiger partial charge in [0.05, 0.1) is 5.60 Å². The molecule has 0 aromatic carbocycles. The molecule has 0 amide bonds. The molecule has 18 heavy (non-hydrogen) atoms. The van der Waals surface area contributed by atoms with Crippen LogP contribution in [0.5, 0.6) is 0 Å². The third kappa shape index (κ3) is 5.51. The second kappa shape index (κ2) is 6.70. The van der Waals surface area contributed by atoms with Crippen LogP contribution in [0.2, 0.25) is 0 Å². The summed E-state index contributed by atoms with van der Waals surface area (Å²) < 4.78 is 0. The number of hydrogen-bond donors (Lipinski definition) is 1. The van der Waals surface area contributed by atoms with Gasteiger partial charge in [0.25, 0.3) is 0 Å². The standard InChI is InChI=1S/C16H32O2/c1-12(9-8-10-15(4,5)18)14(3)16(6,7)13(2)11-17/h11-14,18H,8-10H2,1-7H3. The maximum absolute atomic E-state index is 11.0. The predicted molar refractivity (Wildman–Crippen MR) is 77.5 cm³/mol. The summed E-state index contributed by atoms with van der Waals surface area (Å²) >= 11 is 0. The van der Waals surface area contributed by atoms with Crippen molar-refractivity contribution in [2.75, 3.05) is 0 Å². The van der Waals surface area contributed by atoms with Gasteiger partial charge in [-0.3, -0.25) is 0 Å². The molecule has 0 aliphatic carbocycles. The van der Waals surface area contributed by atoms with Gasteiger partial charge in [0.2, 0.25) is 0 Å². The third-order valence-corrected chi connectivity index (χ3v) is 4.85. The van der Waals surface area contributed by atoms with Crippen LogP contribution in [0.25, 0.3) is 0 Å². The molecule has 2 nitrogen and oxygen atoms in total. The van der Waals surface area contributed by atoms with E-state index in [2.05, 4.69) is 27.7 Å². The fourth-order valence-electron chi connectivity index (χ4n) is 2.43. The molecule has 0 rings (SSSR count). The molecule has 0 saturated heterocycles. The number of hydrogen-bond acceptors (Lipinski definition) is 2. The third-order valence-electron chi connectivity index (χ3n) is 4.85. The molecular weight excluding hydrogens is 224 g/mol. The topological polar surface area (TPSA) is 37.3 Å². The van der Waals surface area contributed by atoms with Crippen molar-refractivity contribution in [2.45, 2.75) is 73.3 Å². The molecule has 0 saturated carbocycles. The smallest absolute Gasteiger partial charge is 0.123 e. The van der Waals surface area contributed by atoms with Gasteiger partial charge in [-0.15, -0.1) is 0 Å². The largest absolute Gasteiger partial charge is 0.390 e. The Morgan fingerprint density at radius 3 is 2.00 bits per heavy atom. The predicted octanol–water partition coefficient (Wildman–Crippen LogP) is 4.06. The molecule has 0 bridgehead atoms. The first kappa shape index (κ1) is 17.6. The minimum absolute atomic E-state index is 0.0376. The average molecular weight is 256 g/mol. The zero-order valence-electron chi connectivity index (χ0n) is 13.3. The van der Waals surface area contributed by atoms with Crippen LogP contribution < -0.4 is 0 Å². The highest BCUT2D eigenvalue weighted by Crippen LogP contribution is 2.40. The van der Waals surface area contributed by atoms with Crippen molar-refractivity contribution in [3.63, 3.8) is 0 Å². The molecular formula is C16H32O2. The molecule has 108 valence electrons. The van der Waals surface area contributed by atoms with Crippen molar-refractivity contribution < 1.29 is 9.90 Å². The SMILES string of the molecule is CC(CCCC(C)(C)O)C(C)C(C)(C)C(C)C=O. The molecule has 3 unspecified atom stereocenters. The molecule has 0 aliphatic rings. The number of carbonyl (C=O) groups excluding carboxylic acids is 1. The van der Waals surface area contributed by atoms with Gasteiger partial charge in [0.15, 0.2) is 0 Å². The molecule has 1 N–H and O–H groups in total. The van der Waals surface area contributed by atoms with Crippen molar-refractivity contribution in [1.82, 2.24) is 0 Å². The Morgan fingerprint density at radius 1 is 1.11 bits per heavy atom. The second-order valence-corrected chi connectivity index (χ2v) is 7.22. The van der Waals surface area contributed by atoms with E-state index in [9.17, 15) is 9.90 Å². The van der Waals surface area contributed by atoms with Crippen LogP contribution in [0.4, 0.5) is 0 Å². The van der Waals surface area contributed by atoms with E-state index >= 15 is 0 Å². The van der Waals surface area contributed by atoms with E-state index in [-0.39, 0.29) is 11.3 Å². The van der Waals surface area contributed by atoms with Crippen LogP contribution in [0.3, 0.4) is 0 Å². The van der Waals surface area contributed by atoms with E-state index in [0.717, 1.165) is 25.5 Å². The Kier molecular flexibility index (Phi) is 6.56. The summed E-state index contributed by atoms with van der Waals surface area (Å²) in [6.07, 6.45) is 4.06. The van der Waals surface area contributed by atoms with E-state index in [4.69, 9.17) is 0 Å². The van der Waals surface area contributed by atoms with Gasteiger partial charge in [0, 0.05) is 5.92 Å². The lowest BCUT2D eigenvalue weighted by atomic mass is 9.66. The lowest BCUT2D eigenvalue weighted by Gasteiger charge is -2.39. The van der Waals surface area contributed by atoms with Crippen molar-refractivity contribution in [3.05, 3.63) is 0 Å². The highest BCUT2D eigenvalue weighted by atomic mass is 16.3. The van der Waals surface area contributed by atoms with Crippen LogP contribution in [-0.2, 0) is 4.79 Å². The second-order valence-electron chi connectivity index (χ2n) is 7.22. The molecule has 0 fully saturated rings. The van der Waals surface area contributed by atoms with Gasteiger partial charge in [0.1, 0.15) is 6.29 Å². The lowest BCUT2D eigenvalue weighted by molar-refractivity contribution is -0.115. The van der Waals surface area contributed by atoms with Crippen LogP contribution in [0.1, 0.15) is 67.7 Å². The Hall–Kier alpha value is -0.370. The number of aliphatic hydroxyl groups is 1. The zero-order valence-corrected chi connectivity index (χ0v) is 13.3. The van der Waals surface area contributed by atoms with Crippen molar-refractivity contribution in [2.24, 2.45) is 23.2 Å². The van der Waals surface area contributed by atoms with Gasteiger partial charge in [-0.1, -0.05) is 47.5 Å². The number of aldehydes is 1. The Morgan fingerprint density at radius 2 is 1.61 bits per heavy atom. The Labute approximate surface area is 113 Å². The molecule has 0 aliphatic heterocycles. The van der Waals surface area contributed by atoms with Crippen LogP contribution in [0.15, 0.2) is 0 Å². The van der Waals surface area contributed by atoms with Gasteiger partial charge in [-0.25, -0.2) is 0 Å². The van der Waals surface area contributed by atoms with Crippen LogP contribution in [-0.4, -0.2) is 17.0 Å². The number of rotatable bonds is 8. The molecule has 0 heterocycles. The normalized spacial score (nSPS) is 18.2. The van der Waals surface area contributed by atoms with Crippen molar-refractivity contribution in [3.8, 4) is 0 Å². The molecule has 0 spiro atoms. The first-order valence-corrected chi connectivity index (χ1v) is 7.20. The maximum atomic E-state index is 11.0. The summed E-state index contributed by atoms with van der Waals surface area (Å²) in [5.41, 5.74) is -0.523. The molecule has 3 atom stereocenters. The van der Waals surface area contributed by atoms with Gasteiger partial charge < -0.3 is 9.90 Å². The van der Waals surface area contributed by atoms with E-state index < -0.39 is 5.60 Å². The van der Waals surface area contributed by atoms with E-state index in [1.807, 2.05) is 20.8 Å². The summed E-state index contributed by atoms with van der Waals surface area (Å²) in [6, 6.07) is 0. The molecule has 0 aromatic heterocycles. The molecule has 0 aromatic rings. The summed E-state index contributed by atoms with van der Waals surface area (Å²) in [5.74, 6) is 1.16. The van der Waals surface area contributed by atoms with Gasteiger partial charge in [-0.05, 0) is 37.5 Å². The van der Waals surface area contributed by atoms with Gasteiger partial charge >= 0.3 is 0 Å². The van der Waals surface area contributed by atoms with Crippen LogP contribution in [0, 0.1) is 23.2 Å². The molecule has 2 heteroatoms. The Balaban J connectivity index is 4.33. The highest BCUT2D eigenvalue weighted by molar-refractivity contribution is 5.54. The Bertz CT molecular complexity index is 250. The van der Waals surface area contributed by atoms with E-state index in [0.29, 0.717) is 11.8 Å². The fourth-order valence-corrected chi connectivity index (χ4v) is 2.43. The van der Waals surface area contributed by atoms with E-state index in [1.165, 1.54) is 0 Å². The summed E-state index contributed by atoms with van der Waals surface area (Å²) in [4.78, 5) is 11.0. The quantitative estimate of drug-likeness (QED) is 0.665. The maximum Gasteiger partial charge on any atom is 0.123 e.